The Morgan fingerprint density at radius 1 is 1.50 bits per heavy atom. The molecule has 4 nitrogen and oxygen atoms in total. The van der Waals surface area contributed by atoms with Crippen molar-refractivity contribution in [2.24, 2.45) is 5.92 Å². The van der Waals surface area contributed by atoms with Crippen molar-refractivity contribution in [3.8, 4) is 18.2 Å². The minimum absolute atomic E-state index is 0.0268. The van der Waals surface area contributed by atoms with Gasteiger partial charge in [0.1, 0.15) is 0 Å². The molecule has 0 bridgehead atoms. The van der Waals surface area contributed by atoms with Crippen LogP contribution < -0.4 is 10.1 Å². The van der Waals surface area contributed by atoms with Gasteiger partial charge in [-0.2, -0.15) is 9.37 Å². The lowest BCUT2D eigenvalue weighted by atomic mass is 9.86. The molecule has 1 aliphatic carbocycles. The number of aromatic nitrogens is 1. The first-order valence-electron chi connectivity index (χ1n) is 7.26. The van der Waals surface area contributed by atoms with E-state index in [0.29, 0.717) is 5.92 Å². The summed E-state index contributed by atoms with van der Waals surface area (Å²) in [5.41, 5.74) is -0.427. The Morgan fingerprint density at radius 2 is 2.23 bits per heavy atom. The molecule has 1 aromatic heterocycles. The van der Waals surface area contributed by atoms with Crippen LogP contribution in [0.2, 0.25) is 0 Å². The quantitative estimate of drug-likeness (QED) is 0.687. The van der Waals surface area contributed by atoms with Gasteiger partial charge in [0.05, 0.1) is 5.56 Å². The van der Waals surface area contributed by atoms with Gasteiger partial charge in [-0.3, -0.25) is 4.79 Å². The maximum Gasteiger partial charge on any atom is 0.256 e. The average Bonchev–Trinajstić information content (AvgIpc) is 2.50. The van der Waals surface area contributed by atoms with Gasteiger partial charge in [0.25, 0.3) is 11.8 Å². The van der Waals surface area contributed by atoms with E-state index in [1.165, 1.54) is 0 Å². The molecule has 22 heavy (non-hydrogen) atoms. The predicted molar refractivity (Wildman–Crippen MR) is 77.4 cm³/mol. The van der Waals surface area contributed by atoms with Crippen LogP contribution in [0.15, 0.2) is 6.07 Å². The van der Waals surface area contributed by atoms with E-state index in [9.17, 15) is 13.6 Å². The Labute approximate surface area is 128 Å². The summed E-state index contributed by atoms with van der Waals surface area (Å²) >= 11 is 0. The third kappa shape index (κ3) is 3.73. The van der Waals surface area contributed by atoms with Crippen LogP contribution in [0.25, 0.3) is 0 Å². The van der Waals surface area contributed by atoms with Crippen molar-refractivity contribution in [2.75, 3.05) is 6.61 Å². The van der Waals surface area contributed by atoms with E-state index in [1.807, 2.05) is 6.92 Å². The standard InChI is InChI=1S/C16H18F2N2O2/c1-3-8-22-16-12(17)9-11(14(18)20-16)15(21)19-13-7-5-4-6-10(13)2/h1,9-10,13H,4-8H2,2H3,(H,19,21). The monoisotopic (exact) mass is 308 g/mol. The number of carbonyl (C=O) groups is 1. The van der Waals surface area contributed by atoms with Crippen LogP contribution in [0.1, 0.15) is 43.0 Å². The molecular formula is C16H18F2N2O2. The van der Waals surface area contributed by atoms with Gasteiger partial charge in [-0.1, -0.05) is 25.7 Å². The van der Waals surface area contributed by atoms with Crippen LogP contribution in [-0.4, -0.2) is 23.5 Å². The van der Waals surface area contributed by atoms with Crippen molar-refractivity contribution in [2.45, 2.75) is 38.6 Å². The van der Waals surface area contributed by atoms with E-state index >= 15 is 0 Å². The van der Waals surface area contributed by atoms with Crippen LogP contribution in [0.4, 0.5) is 8.78 Å². The number of nitrogens with one attached hydrogen (secondary N) is 1. The minimum atomic E-state index is -1.07. The summed E-state index contributed by atoms with van der Waals surface area (Å²) in [5.74, 6) is -0.752. The van der Waals surface area contributed by atoms with Crippen molar-refractivity contribution in [1.82, 2.24) is 10.3 Å². The molecule has 0 aromatic carbocycles. The van der Waals surface area contributed by atoms with E-state index < -0.39 is 29.1 Å². The number of pyridine rings is 1. The zero-order valence-corrected chi connectivity index (χ0v) is 12.4. The number of amides is 1. The Morgan fingerprint density at radius 3 is 2.91 bits per heavy atom. The molecule has 2 atom stereocenters. The summed E-state index contributed by atoms with van der Waals surface area (Å²) < 4.78 is 32.4. The molecule has 0 saturated heterocycles. The van der Waals surface area contributed by atoms with Crippen molar-refractivity contribution < 1.29 is 18.3 Å². The highest BCUT2D eigenvalue weighted by Gasteiger charge is 2.25. The Bertz CT molecular complexity index is 599. The highest BCUT2D eigenvalue weighted by Crippen LogP contribution is 2.24. The first kappa shape index (κ1) is 16.2. The molecular weight excluding hydrogens is 290 g/mol. The molecule has 1 saturated carbocycles. The normalized spacial score (nSPS) is 21.0. The number of nitrogens with zero attached hydrogens (tertiary/aromatic N) is 1. The maximum absolute atomic E-state index is 13.9. The molecule has 0 spiro atoms. The molecule has 1 aromatic rings. The van der Waals surface area contributed by atoms with Crippen molar-refractivity contribution >= 4 is 5.91 Å². The minimum Gasteiger partial charge on any atom is -0.462 e. The summed E-state index contributed by atoms with van der Waals surface area (Å²) in [5, 5.41) is 2.76. The second kappa shape index (κ2) is 7.21. The summed E-state index contributed by atoms with van der Waals surface area (Å²) in [7, 11) is 0. The van der Waals surface area contributed by atoms with Crippen LogP contribution in [0.5, 0.6) is 5.88 Å². The highest BCUT2D eigenvalue weighted by molar-refractivity contribution is 5.94. The van der Waals surface area contributed by atoms with Crippen LogP contribution in [0, 0.1) is 30.0 Å². The van der Waals surface area contributed by atoms with E-state index in [0.717, 1.165) is 31.7 Å². The van der Waals surface area contributed by atoms with Gasteiger partial charge in [0, 0.05) is 6.04 Å². The molecule has 1 N–H and O–H groups in total. The third-order valence-corrected chi connectivity index (χ3v) is 3.86. The van der Waals surface area contributed by atoms with Gasteiger partial charge in [0.2, 0.25) is 5.95 Å². The van der Waals surface area contributed by atoms with Gasteiger partial charge in [-0.15, -0.1) is 6.42 Å². The third-order valence-electron chi connectivity index (χ3n) is 3.86. The Hall–Kier alpha value is -2.16. The lowest BCUT2D eigenvalue weighted by Crippen LogP contribution is -2.41. The molecule has 1 amide bonds. The number of halogens is 2. The molecule has 1 fully saturated rings. The van der Waals surface area contributed by atoms with Gasteiger partial charge in [0.15, 0.2) is 12.4 Å². The van der Waals surface area contributed by atoms with Crippen LogP contribution in [-0.2, 0) is 0 Å². The van der Waals surface area contributed by atoms with Crippen LogP contribution in [0.3, 0.4) is 0 Å². The summed E-state index contributed by atoms with van der Waals surface area (Å²) in [4.78, 5) is 15.4. The Kier molecular flexibility index (Phi) is 5.31. The van der Waals surface area contributed by atoms with Gasteiger partial charge in [-0.25, -0.2) is 4.39 Å². The van der Waals surface area contributed by atoms with Gasteiger partial charge in [-0.05, 0) is 24.8 Å². The molecule has 0 radical (unpaired) electrons. The van der Waals surface area contributed by atoms with Crippen molar-refractivity contribution in [3.63, 3.8) is 0 Å². The predicted octanol–water partition coefficient (Wildman–Crippen LogP) is 2.68. The van der Waals surface area contributed by atoms with Gasteiger partial charge >= 0.3 is 0 Å². The lowest BCUT2D eigenvalue weighted by molar-refractivity contribution is 0.0904. The Balaban J connectivity index is 2.12. The molecule has 1 heterocycles. The smallest absolute Gasteiger partial charge is 0.256 e. The molecule has 2 unspecified atom stereocenters. The summed E-state index contributed by atoms with van der Waals surface area (Å²) in [6.07, 6.45) is 8.97. The first-order chi connectivity index (χ1) is 10.5. The topological polar surface area (TPSA) is 51.2 Å². The van der Waals surface area contributed by atoms with E-state index in [4.69, 9.17) is 11.2 Å². The number of hydrogen-bond donors (Lipinski definition) is 1. The van der Waals surface area contributed by atoms with E-state index in [-0.39, 0.29) is 12.6 Å². The van der Waals surface area contributed by atoms with E-state index in [1.54, 1.807) is 0 Å². The number of hydrogen-bond acceptors (Lipinski definition) is 3. The SMILES string of the molecule is C#CCOc1nc(F)c(C(=O)NC2CCCCC2C)cc1F. The largest absolute Gasteiger partial charge is 0.462 e. The number of carbonyl (C=O) groups excluding carboxylic acids is 1. The van der Waals surface area contributed by atoms with E-state index in [2.05, 4.69) is 16.2 Å². The second-order valence-electron chi connectivity index (χ2n) is 5.45. The van der Waals surface area contributed by atoms with Crippen molar-refractivity contribution in [3.05, 3.63) is 23.4 Å². The fourth-order valence-electron chi connectivity index (χ4n) is 2.60. The summed E-state index contributed by atoms with van der Waals surface area (Å²) in [6, 6.07) is 0.762. The fourth-order valence-corrected chi connectivity index (χ4v) is 2.60. The molecule has 1 aliphatic rings. The number of ether oxygens (including phenoxy) is 1. The second-order valence-corrected chi connectivity index (χ2v) is 5.45. The van der Waals surface area contributed by atoms with Crippen molar-refractivity contribution in [1.29, 1.82) is 0 Å². The fraction of sp³-hybridized carbons (Fsp3) is 0.500. The highest BCUT2D eigenvalue weighted by atomic mass is 19.1. The number of rotatable bonds is 4. The average molecular weight is 308 g/mol. The lowest BCUT2D eigenvalue weighted by Gasteiger charge is -2.29. The molecule has 0 aliphatic heterocycles. The summed E-state index contributed by atoms with van der Waals surface area (Å²) in [6.45, 7) is 1.81. The zero-order chi connectivity index (χ0) is 16.1. The zero-order valence-electron chi connectivity index (χ0n) is 12.4. The number of terminal acetylenes is 1. The molecule has 6 heteroatoms. The maximum atomic E-state index is 13.9. The first-order valence-corrected chi connectivity index (χ1v) is 7.26. The van der Waals surface area contributed by atoms with Crippen LogP contribution >= 0.6 is 0 Å². The molecule has 2 rings (SSSR count). The molecule has 118 valence electrons. The van der Waals surface area contributed by atoms with Gasteiger partial charge < -0.3 is 10.1 Å².